The van der Waals surface area contributed by atoms with Crippen LogP contribution in [0, 0.1) is 29.6 Å². The van der Waals surface area contributed by atoms with E-state index in [2.05, 4.69) is 0 Å². The number of piperidine rings is 1. The lowest BCUT2D eigenvalue weighted by molar-refractivity contribution is -0.265. The quantitative estimate of drug-likeness (QED) is 0.151. The summed E-state index contributed by atoms with van der Waals surface area (Å²) >= 11 is 0. The fourth-order valence-electron chi connectivity index (χ4n) is 10.1. The van der Waals surface area contributed by atoms with E-state index in [0.717, 1.165) is 10.5 Å². The number of esters is 1. The topological polar surface area (TPSA) is 216 Å². The maximum Gasteiger partial charge on any atom is 0.329 e. The highest BCUT2D eigenvalue weighted by molar-refractivity contribution is 6.39. The van der Waals surface area contributed by atoms with Crippen LogP contribution in [0.4, 0.5) is 0 Å². The molecule has 0 radical (unpaired) electrons. The zero-order valence-corrected chi connectivity index (χ0v) is 41.0. The van der Waals surface area contributed by atoms with Crippen LogP contribution in [-0.4, -0.2) is 143 Å². The van der Waals surface area contributed by atoms with E-state index in [0.29, 0.717) is 64.2 Å². The molecule has 15 heteroatoms. The molecule has 15 atom stereocenters. The second-order valence-electron chi connectivity index (χ2n) is 19.9. The highest BCUT2D eigenvalue weighted by atomic mass is 16.6. The fourth-order valence-corrected chi connectivity index (χ4v) is 10.1. The predicted molar refractivity (Wildman–Crippen MR) is 247 cm³/mol. The number of methoxy groups -OCH3 is 3. The normalized spacial score (nSPS) is 41.1. The monoisotopic (exact) mass is 930 g/mol. The first-order chi connectivity index (χ1) is 31.1. The molecule has 1 saturated carbocycles. The van der Waals surface area contributed by atoms with Crippen molar-refractivity contribution < 1.29 is 68.1 Å². The lowest BCUT2D eigenvalue weighted by atomic mass is 9.78. The number of carbonyl (C=O) groups excluding carboxylic acids is 5. The average Bonchev–Trinajstić information content (AvgIpc) is 3.28. The van der Waals surface area contributed by atoms with E-state index in [1.54, 1.807) is 21.0 Å². The lowest BCUT2D eigenvalue weighted by Gasteiger charge is -2.42. The number of carbonyl (C=O) groups is 5. The molecular formula is C51H79NO14. The molecule has 1 aliphatic carbocycles. The van der Waals surface area contributed by atoms with Crippen molar-refractivity contribution in [2.75, 3.05) is 27.9 Å². The van der Waals surface area contributed by atoms with Crippen molar-refractivity contribution >= 4 is 29.2 Å². The first kappa shape index (κ1) is 55.2. The van der Waals surface area contributed by atoms with Gasteiger partial charge in [-0.2, -0.15) is 0 Å². The van der Waals surface area contributed by atoms with Crippen molar-refractivity contribution in [3.8, 4) is 0 Å². The summed E-state index contributed by atoms with van der Waals surface area (Å²) in [6, 6.07) is -1.21. The van der Waals surface area contributed by atoms with Crippen LogP contribution in [-0.2, 0) is 47.7 Å². The summed E-state index contributed by atoms with van der Waals surface area (Å²) in [5.74, 6) is -8.30. The van der Waals surface area contributed by atoms with Gasteiger partial charge in [-0.3, -0.25) is 19.2 Å². The van der Waals surface area contributed by atoms with Crippen LogP contribution in [0.1, 0.15) is 126 Å². The van der Waals surface area contributed by atoms with E-state index in [-0.39, 0.29) is 42.3 Å². The van der Waals surface area contributed by atoms with Crippen molar-refractivity contribution in [3.05, 3.63) is 47.6 Å². The molecule has 372 valence electrons. The highest BCUT2D eigenvalue weighted by Crippen LogP contribution is 2.38. The van der Waals surface area contributed by atoms with E-state index >= 15 is 0 Å². The minimum Gasteiger partial charge on any atom is -0.460 e. The number of ether oxygens (including phenoxy) is 5. The molecule has 0 aromatic rings. The Morgan fingerprint density at radius 3 is 2.23 bits per heavy atom. The van der Waals surface area contributed by atoms with Gasteiger partial charge in [-0.05, 0) is 120 Å². The SMILES string of the molecule is CO[C@H]1C[C@@H]2CC[C@@H](C)[C@@](O)(O2)C(=O)C(=O)N2CCCC[C@H]2C(=O)O[C@H]([C@H](C)C[C@@H]2CC[C@@H](O)[C@H](OC)C2)CC(=O)[C@](C)(O)/C=C(\C)[C@@H](O)[C@@H](OC)C(=O)[C@H](C)C[C@H](C)/C=C/C=C/C=C/1C. The molecule has 1 amide bonds. The van der Waals surface area contributed by atoms with Crippen LogP contribution < -0.4 is 0 Å². The molecule has 2 bridgehead atoms. The van der Waals surface area contributed by atoms with E-state index in [1.165, 1.54) is 34.1 Å². The van der Waals surface area contributed by atoms with Gasteiger partial charge in [0.2, 0.25) is 5.79 Å². The standard InChI is InChI=1S/C51H79NO14/c1-30-16-12-11-13-17-31(2)40(62-8)27-37-21-19-35(6)51(61,66-37)47(57)48(58)52-23-15-14-18-38(52)49(59)65-41(32(3)25-36-20-22-39(53)42(26-36)63-9)28-43(54)50(7,60)29-34(5)45(56)46(64-10)44(55)33(4)24-30/h11-13,16-17,29-30,32-33,35-42,45-46,53,56,60-61H,14-15,18-28H2,1-10H3/b13-11+,16-12+,31-17+,34-29+/t30-,32-,33-,35-,36+,37+,38+,39-,40+,41+,42-,45-,46+,50-,51-/m1/s1. The van der Waals surface area contributed by atoms with Crippen LogP contribution in [0.25, 0.3) is 0 Å². The summed E-state index contributed by atoms with van der Waals surface area (Å²) in [6.07, 6.45) is 9.26. The van der Waals surface area contributed by atoms with Crippen molar-refractivity contribution in [2.24, 2.45) is 29.6 Å². The Morgan fingerprint density at radius 2 is 1.56 bits per heavy atom. The van der Waals surface area contributed by atoms with Crippen LogP contribution in [0.2, 0.25) is 0 Å². The third-order valence-corrected chi connectivity index (χ3v) is 14.5. The number of fused-ring (bicyclic) bond motifs is 3. The van der Waals surface area contributed by atoms with Crippen molar-refractivity contribution in [1.29, 1.82) is 0 Å². The minimum atomic E-state index is -2.46. The van der Waals surface area contributed by atoms with Gasteiger partial charge >= 0.3 is 5.97 Å². The van der Waals surface area contributed by atoms with Crippen LogP contribution in [0.5, 0.6) is 0 Å². The van der Waals surface area contributed by atoms with Gasteiger partial charge in [-0.25, -0.2) is 4.79 Å². The van der Waals surface area contributed by atoms with Gasteiger partial charge in [0.05, 0.1) is 24.4 Å². The van der Waals surface area contributed by atoms with Crippen LogP contribution >= 0.6 is 0 Å². The van der Waals surface area contributed by atoms with Crippen molar-refractivity contribution in [3.63, 3.8) is 0 Å². The zero-order chi connectivity index (χ0) is 49.1. The second-order valence-corrected chi connectivity index (χ2v) is 19.9. The number of aliphatic hydroxyl groups is 4. The molecule has 0 unspecified atom stereocenters. The molecule has 3 fully saturated rings. The number of hydrogen-bond donors (Lipinski definition) is 4. The number of aliphatic hydroxyl groups excluding tert-OH is 2. The molecule has 3 heterocycles. The first-order valence-corrected chi connectivity index (χ1v) is 24.0. The number of Topliss-reactive ketones (excluding diaryl/α,β-unsaturated/α-hetero) is 3. The number of cyclic esters (lactones) is 1. The number of allylic oxidation sites excluding steroid dienone is 5. The Bertz CT molecular complexity index is 1800. The van der Waals surface area contributed by atoms with Crippen molar-refractivity contribution in [2.45, 2.75) is 186 Å². The minimum absolute atomic E-state index is 0.0263. The third-order valence-electron chi connectivity index (χ3n) is 14.5. The fraction of sp³-hybridized carbons (Fsp3) is 0.745. The van der Waals surface area contributed by atoms with Gasteiger partial charge in [0, 0.05) is 52.6 Å². The largest absolute Gasteiger partial charge is 0.460 e. The lowest BCUT2D eigenvalue weighted by Crippen LogP contribution is -2.61. The maximum atomic E-state index is 14.4. The molecule has 4 rings (SSSR count). The van der Waals surface area contributed by atoms with E-state index in [9.17, 15) is 44.4 Å². The zero-order valence-electron chi connectivity index (χ0n) is 41.0. The summed E-state index contributed by atoms with van der Waals surface area (Å²) < 4.78 is 29.2. The summed E-state index contributed by atoms with van der Waals surface area (Å²) in [5, 5.41) is 45.5. The smallest absolute Gasteiger partial charge is 0.329 e. The molecular weight excluding hydrogens is 851 g/mol. The molecule has 4 aliphatic rings. The number of hydrogen-bond acceptors (Lipinski definition) is 14. The Balaban J connectivity index is 1.73. The number of rotatable bonds is 6. The first-order valence-electron chi connectivity index (χ1n) is 24.0. The van der Waals surface area contributed by atoms with Crippen LogP contribution in [0.3, 0.4) is 0 Å². The van der Waals surface area contributed by atoms with Gasteiger partial charge < -0.3 is 49.0 Å². The Labute approximate surface area is 392 Å². The van der Waals surface area contributed by atoms with Gasteiger partial charge in [-0.1, -0.05) is 58.1 Å². The molecule has 0 spiro atoms. The maximum absolute atomic E-state index is 14.4. The number of ketones is 3. The summed E-state index contributed by atoms with van der Waals surface area (Å²) in [7, 11) is 4.42. The number of amides is 1. The molecule has 66 heavy (non-hydrogen) atoms. The summed E-state index contributed by atoms with van der Waals surface area (Å²) in [5.41, 5.74) is -1.20. The second kappa shape index (κ2) is 24.7. The summed E-state index contributed by atoms with van der Waals surface area (Å²) in [4.78, 5) is 71.8. The van der Waals surface area contributed by atoms with Crippen LogP contribution in [0.15, 0.2) is 47.6 Å². The molecule has 3 aliphatic heterocycles. The molecule has 15 nitrogen and oxygen atoms in total. The molecule has 4 N–H and O–H groups in total. The van der Waals surface area contributed by atoms with E-state index in [1.807, 2.05) is 51.2 Å². The highest BCUT2D eigenvalue weighted by Gasteiger charge is 2.53. The summed E-state index contributed by atoms with van der Waals surface area (Å²) in [6.45, 7) is 11.9. The third kappa shape index (κ3) is 14.1. The van der Waals surface area contributed by atoms with Gasteiger partial charge in [0.1, 0.15) is 30.0 Å². The van der Waals surface area contributed by atoms with Crippen molar-refractivity contribution in [1.82, 2.24) is 4.90 Å². The van der Waals surface area contributed by atoms with E-state index < -0.39 is 102 Å². The molecule has 0 aromatic carbocycles. The van der Waals surface area contributed by atoms with E-state index in [4.69, 9.17) is 23.7 Å². The Hall–Kier alpha value is -3.41. The predicted octanol–water partition coefficient (Wildman–Crippen LogP) is 5.30. The van der Waals surface area contributed by atoms with Gasteiger partial charge in [0.15, 0.2) is 11.6 Å². The van der Waals surface area contributed by atoms with Gasteiger partial charge in [-0.15, -0.1) is 0 Å². The Kier molecular flexibility index (Phi) is 20.7. The molecule has 2 saturated heterocycles. The number of nitrogens with zero attached hydrogens (tertiary/aromatic N) is 1. The molecule has 0 aromatic heterocycles. The van der Waals surface area contributed by atoms with Gasteiger partial charge in [0.25, 0.3) is 11.7 Å². The average molecular weight is 930 g/mol. The Morgan fingerprint density at radius 1 is 0.848 bits per heavy atom.